The number of rotatable bonds is 6. The van der Waals surface area contributed by atoms with Crippen molar-refractivity contribution in [2.45, 2.75) is 6.54 Å². The maximum Gasteiger partial charge on any atom is 0.231 e. The zero-order valence-electron chi connectivity index (χ0n) is 20.2. The number of fused-ring (bicyclic) bond motifs is 1. The molecule has 0 aliphatic carbocycles. The van der Waals surface area contributed by atoms with Crippen molar-refractivity contribution in [1.29, 1.82) is 0 Å². The van der Waals surface area contributed by atoms with Gasteiger partial charge in [-0.25, -0.2) is 4.39 Å². The van der Waals surface area contributed by atoms with Gasteiger partial charge in [0.05, 0.1) is 25.3 Å². The van der Waals surface area contributed by atoms with Gasteiger partial charge in [0.1, 0.15) is 17.3 Å². The molecule has 7 nitrogen and oxygen atoms in total. The number of benzene rings is 3. The molecule has 1 N–H and O–H groups in total. The second-order valence-electron chi connectivity index (χ2n) is 8.73. The van der Waals surface area contributed by atoms with Gasteiger partial charge in [0.25, 0.3) is 0 Å². The molecule has 0 unspecified atom stereocenters. The zero-order valence-corrected chi connectivity index (χ0v) is 20.2. The molecule has 0 atom stereocenters. The summed E-state index contributed by atoms with van der Waals surface area (Å²) in [7, 11) is 3.11. The molecule has 2 aliphatic rings. The molecule has 0 amide bonds. The predicted octanol–water partition coefficient (Wildman–Crippen LogP) is 4.49. The Hall–Kier alpha value is -4.04. The van der Waals surface area contributed by atoms with E-state index in [0.717, 1.165) is 37.4 Å². The summed E-state index contributed by atoms with van der Waals surface area (Å²) in [6, 6.07) is 15.0. The summed E-state index contributed by atoms with van der Waals surface area (Å²) in [5.41, 5.74) is 2.73. The van der Waals surface area contributed by atoms with Crippen molar-refractivity contribution in [2.24, 2.45) is 0 Å². The third-order valence-electron chi connectivity index (χ3n) is 6.57. The van der Waals surface area contributed by atoms with E-state index in [1.165, 1.54) is 12.1 Å². The summed E-state index contributed by atoms with van der Waals surface area (Å²) >= 11 is 0. The van der Waals surface area contributed by atoms with E-state index in [9.17, 15) is 14.3 Å². The number of nitrogens with zero attached hydrogens (tertiary/aromatic N) is 2. The van der Waals surface area contributed by atoms with Gasteiger partial charge in [-0.3, -0.25) is 9.69 Å². The Balaban J connectivity index is 1.33. The number of hydrogen-bond acceptors (Lipinski definition) is 7. The SMILES string of the molecule is COc1ccc(/C=C2\Oc3c(ccc(O)c3CN3CCN(c4ccc(F)cc4)CC3)C2=O)cc1OC. The molecule has 0 bridgehead atoms. The summed E-state index contributed by atoms with van der Waals surface area (Å²) in [6.07, 6.45) is 1.66. The number of allylic oxidation sites excluding steroid dienone is 1. The fourth-order valence-corrected chi connectivity index (χ4v) is 4.58. The molecule has 2 heterocycles. The Morgan fingerprint density at radius 2 is 1.69 bits per heavy atom. The number of anilines is 1. The summed E-state index contributed by atoms with van der Waals surface area (Å²) in [5, 5.41) is 10.6. The lowest BCUT2D eigenvalue weighted by Crippen LogP contribution is -2.46. The van der Waals surface area contributed by atoms with Gasteiger partial charge in [-0.05, 0) is 60.2 Å². The monoisotopic (exact) mass is 490 g/mol. The molecule has 8 heteroatoms. The van der Waals surface area contributed by atoms with E-state index in [2.05, 4.69) is 9.80 Å². The van der Waals surface area contributed by atoms with Crippen LogP contribution in [0.5, 0.6) is 23.0 Å². The Kier molecular flexibility index (Phi) is 6.52. The van der Waals surface area contributed by atoms with E-state index in [4.69, 9.17) is 14.2 Å². The van der Waals surface area contributed by atoms with Gasteiger partial charge in [0.15, 0.2) is 17.3 Å². The van der Waals surface area contributed by atoms with Crippen LogP contribution < -0.4 is 19.1 Å². The Labute approximate surface area is 208 Å². The predicted molar refractivity (Wildman–Crippen MR) is 134 cm³/mol. The first kappa shape index (κ1) is 23.7. The number of halogens is 1. The first-order chi connectivity index (χ1) is 17.5. The minimum absolute atomic E-state index is 0.0925. The largest absolute Gasteiger partial charge is 0.507 e. The van der Waals surface area contributed by atoms with Crippen molar-refractivity contribution in [3.63, 3.8) is 0 Å². The van der Waals surface area contributed by atoms with Crippen molar-refractivity contribution < 1.29 is 28.5 Å². The molecule has 1 fully saturated rings. The minimum Gasteiger partial charge on any atom is -0.507 e. The maximum atomic E-state index is 13.2. The smallest absolute Gasteiger partial charge is 0.231 e. The highest BCUT2D eigenvalue weighted by Crippen LogP contribution is 2.40. The van der Waals surface area contributed by atoms with Crippen LogP contribution in [0.3, 0.4) is 0 Å². The molecule has 0 saturated carbocycles. The number of hydrogen-bond donors (Lipinski definition) is 1. The molecule has 1 saturated heterocycles. The molecule has 3 aromatic rings. The zero-order chi connectivity index (χ0) is 25.2. The molecule has 36 heavy (non-hydrogen) atoms. The fraction of sp³-hybridized carbons (Fsp3) is 0.250. The van der Waals surface area contributed by atoms with Gasteiger partial charge >= 0.3 is 0 Å². The van der Waals surface area contributed by atoms with E-state index in [1.54, 1.807) is 56.7 Å². The first-order valence-electron chi connectivity index (χ1n) is 11.7. The van der Waals surface area contributed by atoms with E-state index in [0.29, 0.717) is 34.9 Å². The van der Waals surface area contributed by atoms with E-state index >= 15 is 0 Å². The van der Waals surface area contributed by atoms with E-state index < -0.39 is 0 Å². The molecule has 0 aromatic heterocycles. The molecule has 2 aliphatic heterocycles. The highest BCUT2D eigenvalue weighted by Gasteiger charge is 2.32. The quantitative estimate of drug-likeness (QED) is 0.511. The number of piperazine rings is 1. The molecule has 0 radical (unpaired) electrons. The number of phenols is 1. The average Bonchev–Trinajstić information content (AvgIpc) is 3.21. The highest BCUT2D eigenvalue weighted by atomic mass is 19.1. The molecule has 3 aromatic carbocycles. The summed E-state index contributed by atoms with van der Waals surface area (Å²) in [5.74, 6) is 1.33. The van der Waals surface area contributed by atoms with Gasteiger partial charge in [-0.2, -0.15) is 0 Å². The summed E-state index contributed by atoms with van der Waals surface area (Å²) < 4.78 is 29.9. The van der Waals surface area contributed by atoms with Crippen LogP contribution in [0.4, 0.5) is 10.1 Å². The molecular weight excluding hydrogens is 463 g/mol. The van der Waals surface area contributed by atoms with E-state index in [1.807, 2.05) is 6.07 Å². The number of carbonyl (C=O) groups is 1. The first-order valence-corrected chi connectivity index (χ1v) is 11.7. The standard InChI is InChI=1S/C28H27FN2O5/c1-34-24-10-3-18(15-25(24)35-2)16-26-27(33)21-8-9-23(32)22(28(21)36-26)17-30-11-13-31(14-12-30)20-6-4-19(29)5-7-20/h3-10,15-16,32H,11-14,17H2,1-2H3/b26-16-. The second kappa shape index (κ2) is 9.91. The second-order valence-corrected chi connectivity index (χ2v) is 8.73. The summed E-state index contributed by atoms with van der Waals surface area (Å²) in [4.78, 5) is 17.5. The van der Waals surface area contributed by atoms with Crippen LogP contribution in [0.15, 0.2) is 60.4 Å². The number of methoxy groups -OCH3 is 2. The Morgan fingerprint density at radius 1 is 0.972 bits per heavy atom. The lowest BCUT2D eigenvalue weighted by Gasteiger charge is -2.36. The number of ketones is 1. The molecular formula is C28H27FN2O5. The minimum atomic E-state index is -0.250. The topological polar surface area (TPSA) is 71.5 Å². The third-order valence-corrected chi connectivity index (χ3v) is 6.57. The number of phenolic OH excluding ortho intramolecular Hbond substituents is 1. The Morgan fingerprint density at radius 3 is 2.39 bits per heavy atom. The van der Waals surface area contributed by atoms with Crippen LogP contribution in [0.25, 0.3) is 6.08 Å². The number of ether oxygens (including phenoxy) is 3. The molecule has 5 rings (SSSR count). The van der Waals surface area contributed by atoms with Gasteiger partial charge in [-0.15, -0.1) is 0 Å². The molecule has 0 spiro atoms. The van der Waals surface area contributed by atoms with Crippen LogP contribution in [0.1, 0.15) is 21.5 Å². The van der Waals surface area contributed by atoms with Crippen molar-refractivity contribution in [3.8, 4) is 23.0 Å². The van der Waals surface area contributed by atoms with Gasteiger partial charge < -0.3 is 24.2 Å². The lowest BCUT2D eigenvalue weighted by atomic mass is 10.0. The maximum absolute atomic E-state index is 13.2. The van der Waals surface area contributed by atoms with Crippen LogP contribution in [0.2, 0.25) is 0 Å². The van der Waals surface area contributed by atoms with Crippen LogP contribution in [-0.2, 0) is 6.54 Å². The van der Waals surface area contributed by atoms with Crippen LogP contribution in [0, 0.1) is 5.82 Å². The van der Waals surface area contributed by atoms with Gasteiger partial charge in [0, 0.05) is 38.4 Å². The normalized spacial score (nSPS) is 16.7. The highest BCUT2D eigenvalue weighted by molar-refractivity contribution is 6.15. The lowest BCUT2D eigenvalue weighted by molar-refractivity contribution is 0.101. The van der Waals surface area contributed by atoms with Crippen molar-refractivity contribution in [1.82, 2.24) is 4.90 Å². The third kappa shape index (κ3) is 4.59. The van der Waals surface area contributed by atoms with Crippen LogP contribution >= 0.6 is 0 Å². The summed E-state index contributed by atoms with van der Waals surface area (Å²) in [6.45, 7) is 3.49. The Bertz CT molecular complexity index is 1310. The number of Topliss-reactive ketones (excluding diaryl/α,β-unsaturated/α-hetero) is 1. The van der Waals surface area contributed by atoms with Gasteiger partial charge in [-0.1, -0.05) is 6.07 Å². The van der Waals surface area contributed by atoms with Crippen molar-refractivity contribution in [3.05, 3.63) is 82.9 Å². The van der Waals surface area contributed by atoms with E-state index in [-0.39, 0.29) is 23.1 Å². The number of carbonyl (C=O) groups excluding carboxylic acids is 1. The van der Waals surface area contributed by atoms with Crippen molar-refractivity contribution >= 4 is 17.5 Å². The fourth-order valence-electron chi connectivity index (χ4n) is 4.58. The number of aromatic hydroxyl groups is 1. The van der Waals surface area contributed by atoms with Crippen LogP contribution in [-0.4, -0.2) is 56.2 Å². The van der Waals surface area contributed by atoms with Gasteiger partial charge in [0.2, 0.25) is 5.78 Å². The molecule has 186 valence electrons. The van der Waals surface area contributed by atoms with Crippen molar-refractivity contribution in [2.75, 3.05) is 45.3 Å². The average molecular weight is 491 g/mol.